The second-order valence-electron chi connectivity index (χ2n) is 4.72. The van der Waals surface area contributed by atoms with Gasteiger partial charge in [-0.2, -0.15) is 0 Å². The molecular formula is C14H21FN2O2. The molecule has 0 aliphatic heterocycles. The molecule has 4 nitrogen and oxygen atoms in total. The van der Waals surface area contributed by atoms with Crippen LogP contribution in [0.4, 0.5) is 10.1 Å². The SMILES string of the molecule is CCCNC(C)C(CC)c1cc(F)ccc1[N+](=O)[O-]. The number of hydrogen-bond acceptors (Lipinski definition) is 3. The van der Waals surface area contributed by atoms with Gasteiger partial charge in [-0.3, -0.25) is 10.1 Å². The Labute approximate surface area is 113 Å². The molecule has 19 heavy (non-hydrogen) atoms. The molecule has 1 aromatic carbocycles. The fourth-order valence-electron chi connectivity index (χ4n) is 2.35. The Hall–Kier alpha value is -1.49. The van der Waals surface area contributed by atoms with Crippen molar-refractivity contribution in [2.75, 3.05) is 6.54 Å². The van der Waals surface area contributed by atoms with Crippen LogP contribution in [0.3, 0.4) is 0 Å². The van der Waals surface area contributed by atoms with E-state index in [1.165, 1.54) is 12.1 Å². The highest BCUT2D eigenvalue weighted by atomic mass is 19.1. The van der Waals surface area contributed by atoms with Crippen molar-refractivity contribution in [2.24, 2.45) is 0 Å². The van der Waals surface area contributed by atoms with E-state index in [1.807, 2.05) is 13.8 Å². The zero-order chi connectivity index (χ0) is 14.4. The molecule has 0 aliphatic rings. The largest absolute Gasteiger partial charge is 0.314 e. The molecule has 2 unspecified atom stereocenters. The maximum Gasteiger partial charge on any atom is 0.273 e. The maximum atomic E-state index is 13.4. The van der Waals surface area contributed by atoms with E-state index < -0.39 is 10.7 Å². The third-order valence-corrected chi connectivity index (χ3v) is 3.35. The number of nitro benzene ring substituents is 1. The standard InChI is InChI=1S/C14H21FN2O2/c1-4-8-16-10(3)12(5-2)13-9-11(15)6-7-14(13)17(18)19/h6-7,9-10,12,16H,4-5,8H2,1-3H3. The predicted octanol–water partition coefficient (Wildman–Crippen LogP) is 3.62. The first-order chi connectivity index (χ1) is 9.01. The minimum Gasteiger partial charge on any atom is -0.314 e. The summed E-state index contributed by atoms with van der Waals surface area (Å²) in [5, 5.41) is 14.4. The number of hydrogen-bond donors (Lipinski definition) is 1. The first-order valence-corrected chi connectivity index (χ1v) is 6.68. The average molecular weight is 268 g/mol. The maximum absolute atomic E-state index is 13.4. The van der Waals surface area contributed by atoms with Gasteiger partial charge in [-0.05, 0) is 38.4 Å². The summed E-state index contributed by atoms with van der Waals surface area (Å²) in [5.74, 6) is -0.496. The Kier molecular flexibility index (Phi) is 5.89. The Balaban J connectivity index is 3.09. The minimum atomic E-state index is -0.441. The zero-order valence-electron chi connectivity index (χ0n) is 11.6. The van der Waals surface area contributed by atoms with E-state index in [1.54, 1.807) is 0 Å². The summed E-state index contributed by atoms with van der Waals surface area (Å²) >= 11 is 0. The predicted molar refractivity (Wildman–Crippen MR) is 73.8 cm³/mol. The van der Waals surface area contributed by atoms with E-state index in [4.69, 9.17) is 0 Å². The van der Waals surface area contributed by atoms with Crippen LogP contribution in [-0.4, -0.2) is 17.5 Å². The molecule has 2 atom stereocenters. The number of rotatable bonds is 7. The first kappa shape index (κ1) is 15.6. The Morgan fingerprint density at radius 3 is 2.63 bits per heavy atom. The number of halogens is 1. The number of nitro groups is 1. The van der Waals surface area contributed by atoms with Gasteiger partial charge in [0.2, 0.25) is 0 Å². The second kappa shape index (κ2) is 7.19. The van der Waals surface area contributed by atoms with E-state index in [0.29, 0.717) is 5.56 Å². The lowest BCUT2D eigenvalue weighted by atomic mass is 9.88. The van der Waals surface area contributed by atoms with E-state index in [9.17, 15) is 14.5 Å². The Bertz CT molecular complexity index is 437. The lowest BCUT2D eigenvalue weighted by Crippen LogP contribution is -2.32. The summed E-state index contributed by atoms with van der Waals surface area (Å²) in [6.45, 7) is 6.86. The van der Waals surface area contributed by atoms with Crippen LogP contribution >= 0.6 is 0 Å². The molecule has 0 bridgehead atoms. The molecule has 1 rings (SSSR count). The quantitative estimate of drug-likeness (QED) is 0.607. The van der Waals surface area contributed by atoms with Crippen molar-refractivity contribution >= 4 is 5.69 Å². The molecule has 1 N–H and O–H groups in total. The molecule has 0 aliphatic carbocycles. The van der Waals surface area contributed by atoms with Crippen molar-refractivity contribution in [1.82, 2.24) is 5.32 Å². The van der Waals surface area contributed by atoms with Crippen molar-refractivity contribution in [3.63, 3.8) is 0 Å². The molecule has 0 aromatic heterocycles. The van der Waals surface area contributed by atoms with Crippen molar-refractivity contribution in [2.45, 2.75) is 45.6 Å². The van der Waals surface area contributed by atoms with Gasteiger partial charge in [0.15, 0.2) is 0 Å². The molecule has 5 heteroatoms. The normalized spacial score (nSPS) is 14.1. The topological polar surface area (TPSA) is 55.2 Å². The van der Waals surface area contributed by atoms with Crippen LogP contribution in [0.2, 0.25) is 0 Å². The second-order valence-corrected chi connectivity index (χ2v) is 4.72. The molecule has 0 fully saturated rings. The van der Waals surface area contributed by atoms with Crippen LogP contribution < -0.4 is 5.32 Å². The van der Waals surface area contributed by atoms with Crippen molar-refractivity contribution in [3.8, 4) is 0 Å². The third kappa shape index (κ3) is 3.99. The van der Waals surface area contributed by atoms with Gasteiger partial charge >= 0.3 is 0 Å². The number of nitrogens with zero attached hydrogens (tertiary/aromatic N) is 1. The average Bonchev–Trinajstić information content (AvgIpc) is 2.37. The van der Waals surface area contributed by atoms with Crippen molar-refractivity contribution in [3.05, 3.63) is 39.7 Å². The Morgan fingerprint density at radius 2 is 2.11 bits per heavy atom. The molecule has 0 amide bonds. The molecule has 0 saturated carbocycles. The first-order valence-electron chi connectivity index (χ1n) is 6.68. The fraction of sp³-hybridized carbons (Fsp3) is 0.571. The van der Waals surface area contributed by atoms with Gasteiger partial charge in [-0.25, -0.2) is 4.39 Å². The Morgan fingerprint density at radius 1 is 1.42 bits per heavy atom. The van der Waals surface area contributed by atoms with E-state index in [0.717, 1.165) is 25.5 Å². The van der Waals surface area contributed by atoms with Crippen LogP contribution in [0.15, 0.2) is 18.2 Å². The molecule has 106 valence electrons. The number of benzene rings is 1. The molecule has 0 radical (unpaired) electrons. The smallest absolute Gasteiger partial charge is 0.273 e. The zero-order valence-corrected chi connectivity index (χ0v) is 11.6. The summed E-state index contributed by atoms with van der Waals surface area (Å²) < 4.78 is 13.4. The van der Waals surface area contributed by atoms with Gasteiger partial charge < -0.3 is 5.32 Å². The third-order valence-electron chi connectivity index (χ3n) is 3.35. The monoisotopic (exact) mass is 268 g/mol. The molecule has 0 heterocycles. The molecular weight excluding hydrogens is 247 g/mol. The van der Waals surface area contributed by atoms with Gasteiger partial charge in [-0.1, -0.05) is 13.8 Å². The van der Waals surface area contributed by atoms with Gasteiger partial charge in [0, 0.05) is 23.6 Å². The lowest BCUT2D eigenvalue weighted by Gasteiger charge is -2.24. The van der Waals surface area contributed by atoms with Crippen molar-refractivity contribution < 1.29 is 9.31 Å². The van der Waals surface area contributed by atoms with Crippen LogP contribution in [-0.2, 0) is 0 Å². The summed E-state index contributed by atoms with van der Waals surface area (Å²) in [7, 11) is 0. The van der Waals surface area contributed by atoms with Crippen LogP contribution in [0.5, 0.6) is 0 Å². The van der Waals surface area contributed by atoms with Gasteiger partial charge in [0.1, 0.15) is 5.82 Å². The van der Waals surface area contributed by atoms with Crippen LogP contribution in [0.1, 0.15) is 45.1 Å². The summed E-state index contributed by atoms with van der Waals surface area (Å²) in [5.41, 5.74) is 0.474. The summed E-state index contributed by atoms with van der Waals surface area (Å²) in [6.07, 6.45) is 1.72. The minimum absolute atomic E-state index is 0.00148. The number of nitrogens with one attached hydrogen (secondary N) is 1. The van der Waals surface area contributed by atoms with Crippen LogP contribution in [0, 0.1) is 15.9 Å². The molecule has 0 saturated heterocycles. The highest BCUT2D eigenvalue weighted by molar-refractivity contribution is 5.43. The summed E-state index contributed by atoms with van der Waals surface area (Å²) in [6, 6.07) is 3.75. The highest BCUT2D eigenvalue weighted by Crippen LogP contribution is 2.32. The summed E-state index contributed by atoms with van der Waals surface area (Å²) in [4.78, 5) is 10.6. The van der Waals surface area contributed by atoms with Gasteiger partial charge in [0.25, 0.3) is 5.69 Å². The molecule has 0 spiro atoms. The highest BCUT2D eigenvalue weighted by Gasteiger charge is 2.25. The fourth-order valence-corrected chi connectivity index (χ4v) is 2.35. The van der Waals surface area contributed by atoms with Gasteiger partial charge in [-0.15, -0.1) is 0 Å². The van der Waals surface area contributed by atoms with Crippen LogP contribution in [0.25, 0.3) is 0 Å². The molecule has 1 aromatic rings. The lowest BCUT2D eigenvalue weighted by molar-refractivity contribution is -0.385. The van der Waals surface area contributed by atoms with E-state index >= 15 is 0 Å². The van der Waals surface area contributed by atoms with Crippen molar-refractivity contribution in [1.29, 1.82) is 0 Å². The van der Waals surface area contributed by atoms with E-state index in [2.05, 4.69) is 12.2 Å². The van der Waals surface area contributed by atoms with Gasteiger partial charge in [0.05, 0.1) is 4.92 Å². The van der Waals surface area contributed by atoms with E-state index in [-0.39, 0.29) is 17.6 Å².